The van der Waals surface area contributed by atoms with Crippen LogP contribution >= 0.6 is 11.3 Å². The van der Waals surface area contributed by atoms with E-state index in [2.05, 4.69) is 40.8 Å². The summed E-state index contributed by atoms with van der Waals surface area (Å²) >= 11 is 1.75. The van der Waals surface area contributed by atoms with Crippen molar-refractivity contribution in [2.75, 3.05) is 13.1 Å². The topological polar surface area (TPSA) is 34.1 Å². The van der Waals surface area contributed by atoms with Crippen LogP contribution in [0.1, 0.15) is 24.3 Å². The lowest BCUT2D eigenvalue weighted by molar-refractivity contribution is 0.200. The molecule has 1 aromatic carbocycles. The number of benzene rings is 1. The Bertz CT molecular complexity index is 707. The number of nitrogens with one attached hydrogen (secondary N) is 1. The maximum atomic E-state index is 6.36. The number of thiophene rings is 1. The summed E-state index contributed by atoms with van der Waals surface area (Å²) in [5.41, 5.74) is 0. The van der Waals surface area contributed by atoms with Gasteiger partial charge in [-0.25, -0.2) is 0 Å². The molecule has 0 saturated carbocycles. The molecular weight excluding hydrogens is 292 g/mol. The maximum absolute atomic E-state index is 6.36. The van der Waals surface area contributed by atoms with Gasteiger partial charge in [-0.3, -0.25) is 4.98 Å². The van der Waals surface area contributed by atoms with Crippen LogP contribution in [-0.4, -0.2) is 18.1 Å². The van der Waals surface area contributed by atoms with Crippen LogP contribution in [0.5, 0.6) is 5.75 Å². The molecule has 22 heavy (non-hydrogen) atoms. The van der Waals surface area contributed by atoms with E-state index < -0.39 is 0 Å². The van der Waals surface area contributed by atoms with Crippen LogP contribution in [0, 0.1) is 0 Å². The van der Waals surface area contributed by atoms with E-state index >= 15 is 0 Å². The highest BCUT2D eigenvalue weighted by Crippen LogP contribution is 2.32. The first kappa shape index (κ1) is 15.0. The second kappa shape index (κ2) is 7.38. The fraction of sp³-hybridized carbons (Fsp3) is 0.278. The normalized spacial score (nSPS) is 12.4. The fourth-order valence-corrected chi connectivity index (χ4v) is 3.28. The summed E-state index contributed by atoms with van der Waals surface area (Å²) in [7, 11) is 0. The molecule has 0 aliphatic carbocycles. The molecule has 0 aliphatic rings. The van der Waals surface area contributed by atoms with Gasteiger partial charge in [-0.15, -0.1) is 11.3 Å². The Balaban J connectivity index is 1.85. The molecule has 1 unspecified atom stereocenters. The molecule has 3 rings (SSSR count). The maximum Gasteiger partial charge on any atom is 0.134 e. The number of hydrogen-bond acceptors (Lipinski definition) is 4. The van der Waals surface area contributed by atoms with Crippen LogP contribution in [0.2, 0.25) is 0 Å². The number of hydrogen-bond donors (Lipinski definition) is 1. The Hall–Kier alpha value is -1.91. The van der Waals surface area contributed by atoms with Gasteiger partial charge in [-0.2, -0.15) is 0 Å². The average Bonchev–Trinajstić information content (AvgIpc) is 3.09. The van der Waals surface area contributed by atoms with Crippen LogP contribution in [-0.2, 0) is 0 Å². The van der Waals surface area contributed by atoms with E-state index in [4.69, 9.17) is 4.74 Å². The number of ether oxygens (including phenoxy) is 1. The lowest BCUT2D eigenvalue weighted by atomic mass is 10.1. The van der Waals surface area contributed by atoms with Crippen molar-refractivity contribution in [3.63, 3.8) is 0 Å². The molecule has 2 heterocycles. The summed E-state index contributed by atoms with van der Waals surface area (Å²) in [6.45, 7) is 4.06. The first-order valence-corrected chi connectivity index (χ1v) is 8.50. The van der Waals surface area contributed by atoms with Gasteiger partial charge in [-0.05, 0) is 36.7 Å². The third-order valence-electron chi connectivity index (χ3n) is 3.60. The summed E-state index contributed by atoms with van der Waals surface area (Å²) < 4.78 is 6.36. The van der Waals surface area contributed by atoms with Crippen molar-refractivity contribution in [3.05, 3.63) is 59.0 Å². The second-order valence-corrected chi connectivity index (χ2v) is 6.10. The third kappa shape index (κ3) is 3.46. The second-order valence-electron chi connectivity index (χ2n) is 5.12. The van der Waals surface area contributed by atoms with Gasteiger partial charge in [0.05, 0.1) is 0 Å². The number of fused-ring (bicyclic) bond motifs is 1. The van der Waals surface area contributed by atoms with Crippen molar-refractivity contribution in [2.45, 2.75) is 19.4 Å². The molecular formula is C18H20N2OS. The summed E-state index contributed by atoms with van der Waals surface area (Å²) in [4.78, 5) is 5.45. The third-order valence-corrected chi connectivity index (χ3v) is 4.57. The highest BCUT2D eigenvalue weighted by atomic mass is 32.1. The molecule has 0 amide bonds. The molecule has 3 aromatic rings. The Morgan fingerprint density at radius 3 is 3.00 bits per heavy atom. The van der Waals surface area contributed by atoms with Crippen LogP contribution in [0.15, 0.2) is 54.2 Å². The highest BCUT2D eigenvalue weighted by Gasteiger charge is 2.15. The largest absolute Gasteiger partial charge is 0.484 e. The molecule has 114 valence electrons. The molecule has 0 radical (unpaired) electrons. The van der Waals surface area contributed by atoms with E-state index in [9.17, 15) is 0 Å². The minimum Gasteiger partial charge on any atom is -0.484 e. The zero-order valence-electron chi connectivity index (χ0n) is 12.7. The van der Waals surface area contributed by atoms with Gasteiger partial charge in [-0.1, -0.05) is 25.1 Å². The predicted molar refractivity (Wildman–Crippen MR) is 92.6 cm³/mol. The molecule has 0 aliphatic heterocycles. The van der Waals surface area contributed by atoms with Gasteiger partial charge in [0.25, 0.3) is 0 Å². The lowest BCUT2D eigenvalue weighted by Crippen LogP contribution is -2.19. The van der Waals surface area contributed by atoms with Crippen molar-refractivity contribution in [1.82, 2.24) is 10.3 Å². The Kier molecular flexibility index (Phi) is 5.03. The number of aromatic nitrogens is 1. The van der Waals surface area contributed by atoms with Gasteiger partial charge >= 0.3 is 0 Å². The first-order chi connectivity index (χ1) is 10.9. The van der Waals surface area contributed by atoms with Crippen molar-refractivity contribution in [3.8, 4) is 5.75 Å². The molecule has 0 bridgehead atoms. The fourth-order valence-electron chi connectivity index (χ4n) is 2.49. The van der Waals surface area contributed by atoms with E-state index in [-0.39, 0.29) is 6.10 Å². The van der Waals surface area contributed by atoms with E-state index in [0.717, 1.165) is 36.0 Å². The molecule has 0 spiro atoms. The molecule has 1 atom stereocenters. The van der Waals surface area contributed by atoms with Gasteiger partial charge in [0, 0.05) is 34.5 Å². The van der Waals surface area contributed by atoms with Crippen LogP contribution in [0.25, 0.3) is 10.8 Å². The molecule has 4 heteroatoms. The van der Waals surface area contributed by atoms with Gasteiger partial charge in [0.2, 0.25) is 0 Å². The zero-order chi connectivity index (χ0) is 15.2. The SMILES string of the molecule is CCNCCC(Oc1cccc2cnccc12)c1cccs1. The van der Waals surface area contributed by atoms with Crippen LogP contribution < -0.4 is 10.1 Å². The van der Waals surface area contributed by atoms with Gasteiger partial charge in [0.15, 0.2) is 0 Å². The zero-order valence-corrected chi connectivity index (χ0v) is 13.5. The van der Waals surface area contributed by atoms with Crippen LogP contribution in [0.3, 0.4) is 0 Å². The quantitative estimate of drug-likeness (QED) is 0.656. The van der Waals surface area contributed by atoms with Crippen LogP contribution in [0.4, 0.5) is 0 Å². The standard InChI is InChI=1S/C18H20N2OS/c1-2-19-11-9-17(18-7-4-12-22-18)21-16-6-3-5-14-13-20-10-8-15(14)16/h3-8,10,12-13,17,19H,2,9,11H2,1H3. The predicted octanol–water partition coefficient (Wildman–Crippen LogP) is 4.42. The smallest absolute Gasteiger partial charge is 0.134 e. The summed E-state index contributed by atoms with van der Waals surface area (Å²) in [5, 5.41) is 7.70. The minimum atomic E-state index is 0.0813. The van der Waals surface area contributed by atoms with Crippen molar-refractivity contribution >= 4 is 22.1 Å². The van der Waals surface area contributed by atoms with Crippen molar-refractivity contribution < 1.29 is 4.74 Å². The Morgan fingerprint density at radius 1 is 1.23 bits per heavy atom. The molecule has 1 N–H and O–H groups in total. The molecule has 0 saturated heterocycles. The lowest BCUT2D eigenvalue weighted by Gasteiger charge is -2.19. The van der Waals surface area contributed by atoms with E-state index in [1.807, 2.05) is 30.6 Å². The number of nitrogens with zero attached hydrogens (tertiary/aromatic N) is 1. The van der Waals surface area contributed by atoms with E-state index in [0.29, 0.717) is 0 Å². The molecule has 2 aromatic heterocycles. The Morgan fingerprint density at radius 2 is 2.18 bits per heavy atom. The summed E-state index contributed by atoms with van der Waals surface area (Å²) in [6.07, 6.45) is 4.72. The number of pyridine rings is 1. The molecule has 0 fully saturated rings. The average molecular weight is 312 g/mol. The minimum absolute atomic E-state index is 0.0813. The summed E-state index contributed by atoms with van der Waals surface area (Å²) in [5.74, 6) is 0.926. The molecule has 3 nitrogen and oxygen atoms in total. The monoisotopic (exact) mass is 312 g/mol. The van der Waals surface area contributed by atoms with Crippen molar-refractivity contribution in [2.24, 2.45) is 0 Å². The summed E-state index contributed by atoms with van der Waals surface area (Å²) in [6, 6.07) is 12.4. The van der Waals surface area contributed by atoms with Crippen molar-refractivity contribution in [1.29, 1.82) is 0 Å². The van der Waals surface area contributed by atoms with E-state index in [1.54, 1.807) is 11.3 Å². The Labute approximate surface area is 135 Å². The van der Waals surface area contributed by atoms with Gasteiger partial charge in [0.1, 0.15) is 11.9 Å². The van der Waals surface area contributed by atoms with E-state index in [1.165, 1.54) is 4.88 Å². The highest BCUT2D eigenvalue weighted by molar-refractivity contribution is 7.10. The first-order valence-electron chi connectivity index (χ1n) is 7.62. The number of rotatable bonds is 7. The van der Waals surface area contributed by atoms with Gasteiger partial charge < -0.3 is 10.1 Å².